The molecule has 2 N–H and O–H groups in total. The lowest BCUT2D eigenvalue weighted by Crippen LogP contribution is -2.49. The lowest BCUT2D eigenvalue weighted by molar-refractivity contribution is -0.134. The van der Waals surface area contributed by atoms with Crippen molar-refractivity contribution in [1.29, 1.82) is 0 Å². The van der Waals surface area contributed by atoms with Gasteiger partial charge in [0.2, 0.25) is 5.91 Å². The number of anilines is 1. The molecule has 3 heterocycles. The van der Waals surface area contributed by atoms with Crippen molar-refractivity contribution < 1.29 is 14.4 Å². The molecule has 3 amide bonds. The highest BCUT2D eigenvalue weighted by atomic mass is 35.5. The second-order valence-electron chi connectivity index (χ2n) is 10.2. The summed E-state index contributed by atoms with van der Waals surface area (Å²) >= 11 is 11.2. The molecule has 1 fully saturated rings. The molecule has 0 spiro atoms. The average Bonchev–Trinajstić information content (AvgIpc) is 2.92. The van der Waals surface area contributed by atoms with Crippen LogP contribution >= 0.6 is 23.8 Å². The van der Waals surface area contributed by atoms with Crippen LogP contribution in [0.25, 0.3) is 0 Å². The number of nitrogens with one attached hydrogen (secondary N) is 2. The number of carbonyl (C=O) groups excluding carboxylic acids is 3. The SMILES string of the molecule is CN1CCc2nc(C(=O)N=CC3C[C@@H](C(=O)N(C)C)CC[C@@H]3NC(=S)C(=O)Nc3ccc(Cl)cn3)ccc2C1. The second kappa shape index (κ2) is 12.7. The molecule has 0 bridgehead atoms. The summed E-state index contributed by atoms with van der Waals surface area (Å²) in [6, 6.07) is 6.55. The molecule has 0 aromatic carbocycles. The van der Waals surface area contributed by atoms with E-state index in [2.05, 4.69) is 37.5 Å². The maximum Gasteiger partial charge on any atom is 0.295 e. The monoisotopic (exact) mass is 569 g/mol. The summed E-state index contributed by atoms with van der Waals surface area (Å²) in [5.74, 6) is -1.13. The third-order valence-corrected chi connectivity index (χ3v) is 7.55. The molecule has 1 unspecified atom stereocenters. The van der Waals surface area contributed by atoms with E-state index in [1.807, 2.05) is 6.07 Å². The number of hydrogen-bond acceptors (Lipinski definition) is 7. The van der Waals surface area contributed by atoms with E-state index in [9.17, 15) is 14.4 Å². The van der Waals surface area contributed by atoms with Crippen LogP contribution in [0.1, 0.15) is 41.0 Å². The van der Waals surface area contributed by atoms with Crippen molar-refractivity contribution in [1.82, 2.24) is 25.1 Å². The number of amides is 3. The van der Waals surface area contributed by atoms with E-state index in [1.54, 1.807) is 43.4 Å². The number of aromatic nitrogens is 2. The van der Waals surface area contributed by atoms with Crippen molar-refractivity contribution in [3.63, 3.8) is 0 Å². The summed E-state index contributed by atoms with van der Waals surface area (Å²) in [5, 5.41) is 6.21. The predicted octanol–water partition coefficient (Wildman–Crippen LogP) is 2.76. The van der Waals surface area contributed by atoms with Crippen molar-refractivity contribution in [2.45, 2.75) is 38.3 Å². The number of aliphatic imine (C=N–C) groups is 1. The van der Waals surface area contributed by atoms with Crippen molar-refractivity contribution in [3.8, 4) is 0 Å². The van der Waals surface area contributed by atoms with E-state index < -0.39 is 11.8 Å². The largest absolute Gasteiger partial charge is 0.368 e. The first-order chi connectivity index (χ1) is 18.6. The van der Waals surface area contributed by atoms with Gasteiger partial charge in [-0.05, 0) is 50.1 Å². The number of halogens is 1. The molecule has 1 aliphatic carbocycles. The van der Waals surface area contributed by atoms with Crippen molar-refractivity contribution in [3.05, 3.63) is 52.4 Å². The molecule has 4 rings (SSSR count). The minimum Gasteiger partial charge on any atom is -0.368 e. The van der Waals surface area contributed by atoms with Crippen LogP contribution in [0.4, 0.5) is 5.82 Å². The third-order valence-electron chi connectivity index (χ3n) is 7.02. The predicted molar refractivity (Wildman–Crippen MR) is 154 cm³/mol. The van der Waals surface area contributed by atoms with Crippen LogP contribution in [-0.4, -0.2) is 82.4 Å². The number of nitrogens with zero attached hydrogens (tertiary/aromatic N) is 5. The Balaban J connectivity index is 1.46. The van der Waals surface area contributed by atoms with Gasteiger partial charge in [-0.3, -0.25) is 14.4 Å². The molecular weight excluding hydrogens is 538 g/mol. The van der Waals surface area contributed by atoms with Gasteiger partial charge in [-0.15, -0.1) is 0 Å². The molecule has 1 aliphatic heterocycles. The number of carbonyl (C=O) groups is 3. The number of fused-ring (bicyclic) bond motifs is 1. The zero-order valence-electron chi connectivity index (χ0n) is 22.2. The Kier molecular flexibility index (Phi) is 9.36. The first-order valence-electron chi connectivity index (χ1n) is 12.8. The number of likely N-dealkylation sites (N-methyl/N-ethyl adjacent to an activating group) is 1. The molecule has 3 atom stereocenters. The Bertz CT molecular complexity index is 1280. The van der Waals surface area contributed by atoms with Gasteiger partial charge in [0.05, 0.1) is 5.02 Å². The number of rotatable bonds is 5. The van der Waals surface area contributed by atoms with Gasteiger partial charge in [-0.2, -0.15) is 0 Å². The maximum absolute atomic E-state index is 13.0. The van der Waals surface area contributed by atoms with Crippen LogP contribution in [0.3, 0.4) is 0 Å². The quantitative estimate of drug-likeness (QED) is 0.417. The smallest absolute Gasteiger partial charge is 0.295 e. The Morgan fingerprint density at radius 1 is 1.21 bits per heavy atom. The topological polar surface area (TPSA) is 120 Å². The van der Waals surface area contributed by atoms with Crippen LogP contribution in [-0.2, 0) is 22.6 Å². The molecule has 10 nitrogen and oxygen atoms in total. The number of thiocarbonyl (C=S) groups is 1. The summed E-state index contributed by atoms with van der Waals surface area (Å²) in [5.41, 5.74) is 2.34. The first-order valence-corrected chi connectivity index (χ1v) is 13.6. The van der Waals surface area contributed by atoms with Gasteiger partial charge in [0.25, 0.3) is 11.8 Å². The summed E-state index contributed by atoms with van der Waals surface area (Å²) in [7, 11) is 5.51. The van der Waals surface area contributed by atoms with Gasteiger partial charge in [0, 0.05) is 69.6 Å². The number of pyridine rings is 2. The van der Waals surface area contributed by atoms with E-state index in [1.165, 1.54) is 6.20 Å². The Morgan fingerprint density at radius 2 is 2.00 bits per heavy atom. The summed E-state index contributed by atoms with van der Waals surface area (Å²) < 4.78 is 0. The molecule has 2 aromatic rings. The highest BCUT2D eigenvalue weighted by molar-refractivity contribution is 7.82. The highest BCUT2D eigenvalue weighted by Gasteiger charge is 2.35. The minimum atomic E-state index is -0.512. The molecule has 206 valence electrons. The molecule has 39 heavy (non-hydrogen) atoms. The maximum atomic E-state index is 13.0. The number of hydrogen-bond donors (Lipinski definition) is 2. The van der Waals surface area contributed by atoms with E-state index in [0.29, 0.717) is 35.8 Å². The molecular formula is C27H32ClN7O3S. The van der Waals surface area contributed by atoms with Crippen LogP contribution in [0.2, 0.25) is 5.02 Å². The summed E-state index contributed by atoms with van der Waals surface area (Å²) in [4.78, 5) is 55.0. The van der Waals surface area contributed by atoms with Crippen LogP contribution < -0.4 is 10.6 Å². The molecule has 0 saturated heterocycles. The molecule has 1 saturated carbocycles. The van der Waals surface area contributed by atoms with E-state index in [-0.39, 0.29) is 28.8 Å². The normalized spacial score (nSPS) is 21.2. The van der Waals surface area contributed by atoms with Crippen LogP contribution in [0.15, 0.2) is 35.5 Å². The summed E-state index contributed by atoms with van der Waals surface area (Å²) in [6.45, 7) is 1.69. The first kappa shape index (κ1) is 28.7. The van der Waals surface area contributed by atoms with Crippen molar-refractivity contribution in [2.75, 3.05) is 33.0 Å². The fourth-order valence-electron chi connectivity index (χ4n) is 4.90. The van der Waals surface area contributed by atoms with Gasteiger partial charge in [0.15, 0.2) is 4.99 Å². The minimum absolute atomic E-state index is 0.0137. The highest BCUT2D eigenvalue weighted by Crippen LogP contribution is 2.30. The zero-order valence-corrected chi connectivity index (χ0v) is 23.8. The van der Waals surface area contributed by atoms with Crippen molar-refractivity contribution >= 4 is 58.6 Å². The lowest BCUT2D eigenvalue weighted by atomic mass is 9.78. The molecule has 2 aliphatic rings. The van der Waals surface area contributed by atoms with Crippen molar-refractivity contribution in [2.24, 2.45) is 16.8 Å². The Hall–Kier alpha value is -3.28. The standard InChI is InChI=1S/C27H32ClN7O3S/c1-34(2)27(38)16-4-7-20(32-26(39)25(37)33-23-9-6-19(28)14-29-23)18(12-16)13-30-24(36)22-8-5-17-15-35(3)11-10-21(17)31-22/h5-6,8-9,13-14,16,18,20H,4,7,10-12,15H2,1-3H3,(H,32,39)(H,29,33,37)/t16-,18?,20-/m0/s1. The van der Waals surface area contributed by atoms with Gasteiger partial charge in [-0.1, -0.05) is 29.9 Å². The fourth-order valence-corrected chi connectivity index (χ4v) is 5.22. The van der Waals surface area contributed by atoms with Gasteiger partial charge >= 0.3 is 0 Å². The van der Waals surface area contributed by atoms with Gasteiger partial charge < -0.3 is 20.4 Å². The van der Waals surface area contributed by atoms with E-state index >= 15 is 0 Å². The zero-order chi connectivity index (χ0) is 28.1. The van der Waals surface area contributed by atoms with Gasteiger partial charge in [-0.25, -0.2) is 15.0 Å². The molecule has 2 aromatic heterocycles. The summed E-state index contributed by atoms with van der Waals surface area (Å²) in [6.07, 6.45) is 5.45. The van der Waals surface area contributed by atoms with Crippen LogP contribution in [0, 0.1) is 11.8 Å². The van der Waals surface area contributed by atoms with Gasteiger partial charge in [0.1, 0.15) is 11.5 Å². The van der Waals surface area contributed by atoms with E-state index in [0.717, 1.165) is 30.8 Å². The molecule has 0 radical (unpaired) electrons. The second-order valence-corrected chi connectivity index (χ2v) is 11.0. The third kappa shape index (κ3) is 7.43. The lowest BCUT2D eigenvalue weighted by Gasteiger charge is -2.35. The van der Waals surface area contributed by atoms with Crippen LogP contribution in [0.5, 0.6) is 0 Å². The fraction of sp³-hybridized carbons (Fsp3) is 0.444. The Morgan fingerprint density at radius 3 is 2.72 bits per heavy atom. The Labute approximate surface area is 238 Å². The molecule has 12 heteroatoms. The average molecular weight is 570 g/mol. The van der Waals surface area contributed by atoms with E-state index in [4.69, 9.17) is 23.8 Å².